The molecule has 0 spiro atoms. The minimum Gasteiger partial charge on any atom is -0.397 e. The van der Waals surface area contributed by atoms with Crippen LogP contribution in [0, 0.1) is 0 Å². The van der Waals surface area contributed by atoms with Crippen molar-refractivity contribution in [1.82, 2.24) is 19.7 Å². The smallest absolute Gasteiger partial charge is 0.138 e. The molecule has 0 aliphatic heterocycles. The molecule has 0 bridgehead atoms. The third-order valence-electron chi connectivity index (χ3n) is 2.24. The molecule has 0 saturated carbocycles. The van der Waals surface area contributed by atoms with E-state index >= 15 is 0 Å². The van der Waals surface area contributed by atoms with E-state index < -0.39 is 0 Å². The number of hydrogen-bond donors (Lipinski definition) is 1. The van der Waals surface area contributed by atoms with Gasteiger partial charge in [-0.3, -0.25) is 0 Å². The summed E-state index contributed by atoms with van der Waals surface area (Å²) in [6, 6.07) is 3.77. The fraction of sp³-hybridized carbons (Fsp3) is 0.364. The van der Waals surface area contributed by atoms with Crippen LogP contribution in [-0.2, 0) is 12.3 Å². The first-order valence-corrected chi connectivity index (χ1v) is 6.49. The van der Waals surface area contributed by atoms with E-state index in [1.54, 1.807) is 24.3 Å². The zero-order valence-electron chi connectivity index (χ0n) is 9.71. The fourth-order valence-corrected chi connectivity index (χ4v) is 2.21. The van der Waals surface area contributed by atoms with E-state index in [1.165, 1.54) is 0 Å². The van der Waals surface area contributed by atoms with Crippen LogP contribution in [0.25, 0.3) is 0 Å². The van der Waals surface area contributed by atoms with E-state index in [2.05, 4.69) is 22.0 Å². The van der Waals surface area contributed by atoms with Gasteiger partial charge in [0.2, 0.25) is 0 Å². The standard InChI is InChI=1S/C11H15N5S/c1-2-5-16-10(14-8-15-16)7-17-11-4-3-9(12)6-13-11/h3-4,6,8H,2,5,7,12H2,1H3. The summed E-state index contributed by atoms with van der Waals surface area (Å²) in [4.78, 5) is 8.48. The highest BCUT2D eigenvalue weighted by Gasteiger charge is 2.04. The van der Waals surface area contributed by atoms with E-state index in [9.17, 15) is 0 Å². The third kappa shape index (κ3) is 3.20. The molecule has 17 heavy (non-hydrogen) atoms. The van der Waals surface area contributed by atoms with Gasteiger partial charge in [0.25, 0.3) is 0 Å². The average molecular weight is 249 g/mol. The Kier molecular flexibility index (Phi) is 3.98. The van der Waals surface area contributed by atoms with Crippen LogP contribution in [0.3, 0.4) is 0 Å². The summed E-state index contributed by atoms with van der Waals surface area (Å²) in [5, 5.41) is 5.13. The number of rotatable bonds is 5. The highest BCUT2D eigenvalue weighted by molar-refractivity contribution is 7.98. The number of anilines is 1. The number of aryl methyl sites for hydroxylation is 1. The second kappa shape index (κ2) is 5.67. The second-order valence-corrected chi connectivity index (χ2v) is 4.61. The van der Waals surface area contributed by atoms with E-state index in [4.69, 9.17) is 5.73 Å². The molecule has 2 N–H and O–H groups in total. The van der Waals surface area contributed by atoms with Crippen LogP contribution < -0.4 is 5.73 Å². The monoisotopic (exact) mass is 249 g/mol. The number of pyridine rings is 1. The van der Waals surface area contributed by atoms with Crippen LogP contribution in [0.5, 0.6) is 0 Å². The molecule has 0 radical (unpaired) electrons. The number of hydrogen-bond acceptors (Lipinski definition) is 5. The van der Waals surface area contributed by atoms with Crippen molar-refractivity contribution < 1.29 is 0 Å². The normalized spacial score (nSPS) is 10.6. The molecule has 90 valence electrons. The predicted molar refractivity (Wildman–Crippen MR) is 68.5 cm³/mol. The number of nitrogen functional groups attached to an aromatic ring is 1. The molecule has 0 aliphatic carbocycles. The molecule has 0 aliphatic rings. The Morgan fingerprint density at radius 2 is 2.24 bits per heavy atom. The van der Waals surface area contributed by atoms with E-state index in [0.717, 1.165) is 29.6 Å². The quantitative estimate of drug-likeness (QED) is 0.820. The molecule has 2 heterocycles. The van der Waals surface area contributed by atoms with Crippen molar-refractivity contribution >= 4 is 17.4 Å². The van der Waals surface area contributed by atoms with Gasteiger partial charge in [-0.05, 0) is 18.6 Å². The van der Waals surface area contributed by atoms with Crippen molar-refractivity contribution in [2.24, 2.45) is 0 Å². The summed E-state index contributed by atoms with van der Waals surface area (Å²) in [5.41, 5.74) is 6.27. The third-order valence-corrected chi connectivity index (χ3v) is 3.18. The average Bonchev–Trinajstić information content (AvgIpc) is 2.77. The number of nitrogens with zero attached hydrogens (tertiary/aromatic N) is 4. The summed E-state index contributed by atoms with van der Waals surface area (Å²) in [7, 11) is 0. The number of aromatic nitrogens is 4. The van der Waals surface area contributed by atoms with E-state index in [0.29, 0.717) is 5.69 Å². The summed E-state index contributed by atoms with van der Waals surface area (Å²) >= 11 is 1.64. The molecule has 2 aromatic heterocycles. The first-order chi connectivity index (χ1) is 8.29. The van der Waals surface area contributed by atoms with Crippen LogP contribution in [-0.4, -0.2) is 19.7 Å². The van der Waals surface area contributed by atoms with Crippen LogP contribution in [0.1, 0.15) is 19.2 Å². The molecule has 0 amide bonds. The van der Waals surface area contributed by atoms with Crippen molar-refractivity contribution in [2.75, 3.05) is 5.73 Å². The first-order valence-electron chi connectivity index (χ1n) is 5.50. The van der Waals surface area contributed by atoms with Crippen LogP contribution in [0.15, 0.2) is 29.7 Å². The molecule has 0 aromatic carbocycles. The maximum absolute atomic E-state index is 5.58. The van der Waals surface area contributed by atoms with Gasteiger partial charge < -0.3 is 5.73 Å². The van der Waals surface area contributed by atoms with Crippen LogP contribution in [0.4, 0.5) is 5.69 Å². The van der Waals surface area contributed by atoms with Crippen molar-refractivity contribution in [3.63, 3.8) is 0 Å². The Morgan fingerprint density at radius 1 is 1.35 bits per heavy atom. The van der Waals surface area contributed by atoms with Crippen molar-refractivity contribution in [1.29, 1.82) is 0 Å². The number of thioether (sulfide) groups is 1. The second-order valence-electron chi connectivity index (χ2n) is 3.62. The largest absolute Gasteiger partial charge is 0.397 e. The van der Waals surface area contributed by atoms with Gasteiger partial charge in [-0.15, -0.1) is 0 Å². The topological polar surface area (TPSA) is 69.6 Å². The lowest BCUT2D eigenvalue weighted by Crippen LogP contribution is -2.04. The lowest BCUT2D eigenvalue weighted by molar-refractivity contribution is 0.581. The Bertz CT molecular complexity index is 465. The lowest BCUT2D eigenvalue weighted by Gasteiger charge is -2.04. The summed E-state index contributed by atoms with van der Waals surface area (Å²) in [6.07, 6.45) is 4.32. The SMILES string of the molecule is CCCn1ncnc1CSc1ccc(N)cn1. The van der Waals surface area contributed by atoms with Gasteiger partial charge in [-0.2, -0.15) is 5.10 Å². The maximum atomic E-state index is 5.58. The molecule has 2 aromatic rings. The molecule has 0 saturated heterocycles. The zero-order chi connectivity index (χ0) is 12.1. The summed E-state index contributed by atoms with van der Waals surface area (Å²) in [6.45, 7) is 3.03. The summed E-state index contributed by atoms with van der Waals surface area (Å²) in [5.74, 6) is 1.76. The molecule has 0 fully saturated rings. The molecule has 0 atom stereocenters. The Morgan fingerprint density at radius 3 is 2.94 bits per heavy atom. The molecule has 0 unspecified atom stereocenters. The van der Waals surface area contributed by atoms with Gasteiger partial charge in [-0.25, -0.2) is 14.6 Å². The van der Waals surface area contributed by atoms with Crippen LogP contribution >= 0.6 is 11.8 Å². The van der Waals surface area contributed by atoms with Crippen molar-refractivity contribution in [2.45, 2.75) is 30.7 Å². The zero-order valence-corrected chi connectivity index (χ0v) is 10.5. The van der Waals surface area contributed by atoms with Gasteiger partial charge in [0, 0.05) is 6.54 Å². The number of nitrogens with two attached hydrogens (primary N) is 1. The van der Waals surface area contributed by atoms with E-state index in [-0.39, 0.29) is 0 Å². The highest BCUT2D eigenvalue weighted by atomic mass is 32.2. The molecule has 2 rings (SSSR count). The molecule has 5 nitrogen and oxygen atoms in total. The van der Waals surface area contributed by atoms with Crippen LogP contribution in [0.2, 0.25) is 0 Å². The fourth-order valence-electron chi connectivity index (χ4n) is 1.41. The first kappa shape index (κ1) is 11.9. The Hall–Kier alpha value is -1.56. The molecular weight excluding hydrogens is 234 g/mol. The minimum atomic E-state index is 0.684. The van der Waals surface area contributed by atoms with Gasteiger partial charge in [0.1, 0.15) is 12.2 Å². The van der Waals surface area contributed by atoms with E-state index in [1.807, 2.05) is 16.8 Å². The van der Waals surface area contributed by atoms with Gasteiger partial charge in [0.15, 0.2) is 0 Å². The Labute approximate surface area is 104 Å². The van der Waals surface area contributed by atoms with Gasteiger partial charge >= 0.3 is 0 Å². The minimum absolute atomic E-state index is 0.684. The molecular formula is C11H15N5S. The highest BCUT2D eigenvalue weighted by Crippen LogP contribution is 2.20. The lowest BCUT2D eigenvalue weighted by atomic mass is 10.4. The van der Waals surface area contributed by atoms with Crippen molar-refractivity contribution in [3.05, 3.63) is 30.5 Å². The Balaban J connectivity index is 1.97. The summed E-state index contributed by atoms with van der Waals surface area (Å²) < 4.78 is 1.93. The van der Waals surface area contributed by atoms with Gasteiger partial charge in [-0.1, -0.05) is 18.7 Å². The maximum Gasteiger partial charge on any atom is 0.138 e. The predicted octanol–water partition coefficient (Wildman–Crippen LogP) is 1.96. The van der Waals surface area contributed by atoms with Gasteiger partial charge in [0.05, 0.1) is 22.7 Å². The van der Waals surface area contributed by atoms with Crippen molar-refractivity contribution in [3.8, 4) is 0 Å². The molecule has 6 heteroatoms.